The zero-order chi connectivity index (χ0) is 42.6. The summed E-state index contributed by atoms with van der Waals surface area (Å²) in [6, 6.07) is -0.681. The number of hydrogen-bond donors (Lipinski definition) is 4. The Kier molecular flexibility index (Phi) is 11.0. The van der Waals surface area contributed by atoms with E-state index in [1.54, 1.807) is 15.7 Å². The molecule has 2 aliphatic carbocycles. The van der Waals surface area contributed by atoms with Crippen molar-refractivity contribution >= 4 is 63.2 Å². The number of hydrogen-bond acceptors (Lipinski definition) is 17. The molecule has 4 N–H and O–H groups in total. The van der Waals surface area contributed by atoms with Gasteiger partial charge in [0.2, 0.25) is 10.6 Å². The molecule has 10 rings (SSSR count). The predicted molar refractivity (Wildman–Crippen MR) is 224 cm³/mol. The number of aliphatic hydroxyl groups is 2. The fourth-order valence-corrected chi connectivity index (χ4v) is 9.81. The van der Waals surface area contributed by atoms with Crippen LogP contribution in [0.25, 0.3) is 22.3 Å². The van der Waals surface area contributed by atoms with Gasteiger partial charge in [-0.15, -0.1) is 20.4 Å². The van der Waals surface area contributed by atoms with Gasteiger partial charge in [-0.2, -0.15) is 29.5 Å². The minimum atomic E-state index is -1.13. The van der Waals surface area contributed by atoms with Crippen molar-refractivity contribution in [2.45, 2.75) is 127 Å². The molecule has 4 aliphatic rings. The maximum atomic E-state index is 13.7. The van der Waals surface area contributed by atoms with Crippen molar-refractivity contribution in [1.82, 2.24) is 89.3 Å². The number of piperidine rings is 2. The van der Waals surface area contributed by atoms with Gasteiger partial charge in [-0.05, 0) is 85.0 Å². The quantitative estimate of drug-likeness (QED) is 0.144. The molecule has 2 aliphatic heterocycles. The third kappa shape index (κ3) is 7.61. The van der Waals surface area contributed by atoms with Crippen LogP contribution in [-0.2, 0) is 12.8 Å². The van der Waals surface area contributed by atoms with Crippen molar-refractivity contribution < 1.29 is 15.0 Å². The first kappa shape index (κ1) is 40.7. The Balaban J connectivity index is 0.730. The van der Waals surface area contributed by atoms with Crippen LogP contribution in [-0.4, -0.2) is 156 Å². The highest BCUT2D eigenvalue weighted by molar-refractivity contribution is 6.29. The number of nitrogens with one attached hydrogen (secondary N) is 2. The zero-order valence-corrected chi connectivity index (χ0v) is 35.8. The smallest absolute Gasteiger partial charge is 0.320 e. The molecule has 6 aromatic rings. The van der Waals surface area contributed by atoms with Gasteiger partial charge in [-0.3, -0.25) is 0 Å². The average Bonchev–Trinajstić information content (AvgIpc) is 4.15. The highest BCUT2D eigenvalue weighted by Crippen LogP contribution is 2.41. The summed E-state index contributed by atoms with van der Waals surface area (Å²) >= 11 is 12.9. The van der Waals surface area contributed by atoms with Crippen LogP contribution in [0.4, 0.5) is 16.4 Å². The Morgan fingerprint density at radius 1 is 0.661 bits per heavy atom. The number of amides is 2. The summed E-state index contributed by atoms with van der Waals surface area (Å²) in [4.78, 5) is 48.1. The largest absolute Gasteiger partial charge is 0.388 e. The normalized spacial score (nSPS) is 25.1. The van der Waals surface area contributed by atoms with Gasteiger partial charge in [0.1, 0.15) is 18.2 Å². The summed E-state index contributed by atoms with van der Waals surface area (Å²) in [5.74, 6) is 2.37. The maximum Gasteiger partial charge on any atom is 0.320 e. The van der Waals surface area contributed by atoms with Crippen LogP contribution in [0, 0.1) is 0 Å². The number of carbonyl (C=O) groups excluding carboxylic acids is 1. The standard InChI is InChI=1S/C37H48Cl2N20O3/c1-3-25-48-52-58(50-25)22-6-5-21(15-22)56-17-40-27-31(44-35(38)46-33(27)56)42-19-7-11-54(12-8-19)37(62)55-13-9-20(10-14-55)43-32-28-34(47-36(39)45-32)57(18-41-28)23-16-24(30(61)29(23)60)59-51-26(4-2)49-53-59/h17-24,29-30,60-61H,3-16H2,1-2H3,(H,42,44,46)(H,43,45,47)/t21-,22+,23+,24-,29-,30+/m0/s1. The van der Waals surface area contributed by atoms with Crippen molar-refractivity contribution in [1.29, 1.82) is 0 Å². The topological polar surface area (TPSA) is 262 Å². The molecule has 0 radical (unpaired) electrons. The molecule has 6 atom stereocenters. The van der Waals surface area contributed by atoms with Crippen LogP contribution >= 0.6 is 23.2 Å². The molecule has 25 heteroatoms. The molecule has 0 aromatic carbocycles. The number of aromatic nitrogens is 16. The number of urea groups is 1. The highest BCUT2D eigenvalue weighted by Gasteiger charge is 2.45. The Morgan fingerprint density at radius 3 is 1.73 bits per heavy atom. The third-order valence-electron chi connectivity index (χ3n) is 12.9. The molecule has 62 heavy (non-hydrogen) atoms. The number of tetrazole rings is 2. The van der Waals surface area contributed by atoms with Crippen molar-refractivity contribution in [2.24, 2.45) is 0 Å². The number of aliphatic hydroxyl groups excluding tert-OH is 2. The fourth-order valence-electron chi connectivity index (χ4n) is 9.48. The summed E-state index contributed by atoms with van der Waals surface area (Å²) in [5.41, 5.74) is 2.29. The third-order valence-corrected chi connectivity index (χ3v) is 13.3. The number of halogens is 2. The van der Waals surface area contributed by atoms with E-state index in [1.807, 2.05) is 30.0 Å². The molecule has 2 saturated carbocycles. The summed E-state index contributed by atoms with van der Waals surface area (Å²) in [5, 5.41) is 54.7. The molecule has 2 amide bonds. The van der Waals surface area contributed by atoms with Gasteiger partial charge in [0.25, 0.3) is 0 Å². The Morgan fingerprint density at radius 2 is 1.16 bits per heavy atom. The average molecular weight is 892 g/mol. The highest BCUT2D eigenvalue weighted by atomic mass is 35.5. The van der Waals surface area contributed by atoms with Gasteiger partial charge in [0.15, 0.2) is 45.6 Å². The van der Waals surface area contributed by atoms with Crippen LogP contribution in [0.5, 0.6) is 0 Å². The van der Waals surface area contributed by atoms with Crippen molar-refractivity contribution in [3.8, 4) is 0 Å². The molecule has 328 valence electrons. The van der Waals surface area contributed by atoms with Crippen LogP contribution in [0.2, 0.25) is 10.6 Å². The van der Waals surface area contributed by atoms with Crippen molar-refractivity contribution in [2.75, 3.05) is 36.8 Å². The summed E-state index contributed by atoms with van der Waals surface area (Å²) in [6.07, 6.45) is 8.43. The summed E-state index contributed by atoms with van der Waals surface area (Å²) in [7, 11) is 0. The lowest BCUT2D eigenvalue weighted by molar-refractivity contribution is 0.00473. The lowest BCUT2D eigenvalue weighted by Gasteiger charge is -2.39. The van der Waals surface area contributed by atoms with E-state index in [2.05, 4.69) is 70.9 Å². The van der Waals surface area contributed by atoms with E-state index in [4.69, 9.17) is 28.2 Å². The molecule has 0 unspecified atom stereocenters. The molecule has 23 nitrogen and oxygen atoms in total. The summed E-state index contributed by atoms with van der Waals surface area (Å²) < 4.78 is 3.82. The van der Waals surface area contributed by atoms with Gasteiger partial charge in [0, 0.05) is 57.1 Å². The van der Waals surface area contributed by atoms with E-state index < -0.39 is 24.3 Å². The number of rotatable bonds is 10. The van der Waals surface area contributed by atoms with Gasteiger partial charge >= 0.3 is 6.03 Å². The minimum Gasteiger partial charge on any atom is -0.388 e. The van der Waals surface area contributed by atoms with Gasteiger partial charge in [-0.1, -0.05) is 13.8 Å². The first-order chi connectivity index (χ1) is 30.1. The minimum absolute atomic E-state index is 0.0116. The van der Waals surface area contributed by atoms with Gasteiger partial charge in [0.05, 0.1) is 24.7 Å². The first-order valence-corrected chi connectivity index (χ1v) is 22.2. The number of nitrogens with zero attached hydrogens (tertiary/aromatic N) is 18. The van der Waals surface area contributed by atoms with E-state index in [9.17, 15) is 15.0 Å². The molecule has 4 fully saturated rings. The monoisotopic (exact) mass is 890 g/mol. The van der Waals surface area contributed by atoms with E-state index >= 15 is 0 Å². The second-order valence-corrected chi connectivity index (χ2v) is 17.3. The van der Waals surface area contributed by atoms with Crippen molar-refractivity contribution in [3.05, 3.63) is 34.9 Å². The fraction of sp³-hybridized carbons (Fsp3) is 0.649. The molecule has 0 bridgehead atoms. The van der Waals surface area contributed by atoms with E-state index in [0.717, 1.165) is 44.3 Å². The first-order valence-electron chi connectivity index (χ1n) is 21.4. The van der Waals surface area contributed by atoms with E-state index in [0.29, 0.717) is 91.7 Å². The van der Waals surface area contributed by atoms with Crippen molar-refractivity contribution in [3.63, 3.8) is 0 Å². The lowest BCUT2D eigenvalue weighted by atomic mass is 10.0. The number of likely N-dealkylation sites (tertiary alicyclic amines) is 2. The molecular weight excluding hydrogens is 843 g/mol. The SMILES string of the molecule is CCc1nnn([C@@H]2CC[C@H](n3cnc4c(NC5CCN(C(=O)N6CCC(Nc7nc(Cl)nc8c7ncn8[C@@H]7C[C@H](n8nnc(CC)n8)[C@@H](O)[C@H]7O)CC6)CC5)nc(Cl)nc43)C2)n1. The number of fused-ring (bicyclic) bond motifs is 2. The number of carbonyl (C=O) groups is 1. The Bertz CT molecular complexity index is 2560. The van der Waals surface area contributed by atoms with Crippen LogP contribution in [0.3, 0.4) is 0 Å². The lowest BCUT2D eigenvalue weighted by Crippen LogP contribution is -2.51. The van der Waals surface area contributed by atoms with Crippen LogP contribution in [0.15, 0.2) is 12.7 Å². The number of imidazole rings is 2. The predicted octanol–water partition coefficient (Wildman–Crippen LogP) is 2.82. The Hall–Kier alpha value is -5.39. The second-order valence-electron chi connectivity index (χ2n) is 16.7. The molecule has 6 aromatic heterocycles. The number of aryl methyl sites for hydroxylation is 2. The maximum absolute atomic E-state index is 13.7. The molecule has 2 saturated heterocycles. The van der Waals surface area contributed by atoms with E-state index in [-0.39, 0.29) is 40.8 Å². The van der Waals surface area contributed by atoms with Gasteiger partial charge in [-0.25, -0.2) is 14.8 Å². The molecular formula is C37H48Cl2N20O3. The van der Waals surface area contributed by atoms with Gasteiger partial charge < -0.3 is 39.8 Å². The molecule has 0 spiro atoms. The molecule has 8 heterocycles. The Labute approximate surface area is 364 Å². The second kappa shape index (κ2) is 16.7. The van der Waals surface area contributed by atoms with Crippen LogP contribution < -0.4 is 10.6 Å². The van der Waals surface area contributed by atoms with E-state index in [1.165, 1.54) is 4.80 Å². The number of anilines is 2. The zero-order valence-electron chi connectivity index (χ0n) is 34.3. The van der Waals surface area contributed by atoms with Crippen LogP contribution in [0.1, 0.15) is 101 Å². The summed E-state index contributed by atoms with van der Waals surface area (Å²) in [6.45, 7) is 6.30.